The van der Waals surface area contributed by atoms with Crippen molar-refractivity contribution in [3.05, 3.63) is 41.8 Å². The van der Waals surface area contributed by atoms with Crippen molar-refractivity contribution in [2.75, 3.05) is 6.61 Å². The monoisotopic (exact) mass is 433 g/mol. The molecule has 0 aliphatic rings. The number of rotatable bonds is 17. The van der Waals surface area contributed by atoms with Gasteiger partial charge in [-0.2, -0.15) is 0 Å². The zero-order valence-electron chi connectivity index (χ0n) is 18.8. The molecule has 0 unspecified atom stereocenters. The fourth-order valence-corrected chi connectivity index (χ4v) is 4.10. The van der Waals surface area contributed by atoms with Gasteiger partial charge in [0.05, 0.1) is 6.61 Å². The van der Waals surface area contributed by atoms with E-state index in [1.165, 1.54) is 56.7 Å². The Morgan fingerprint density at radius 2 is 1.57 bits per heavy atom. The minimum absolute atomic E-state index is 0.0893. The summed E-state index contributed by atoms with van der Waals surface area (Å²) in [5.74, 6) is -0.485. The van der Waals surface area contributed by atoms with Crippen LogP contribution in [0, 0.1) is 0 Å². The van der Waals surface area contributed by atoms with Crippen LogP contribution in [0.2, 0.25) is 0 Å². The number of ether oxygens (including phenoxy) is 1. The molecule has 0 heterocycles. The summed E-state index contributed by atoms with van der Waals surface area (Å²) >= 11 is 1.51. The summed E-state index contributed by atoms with van der Waals surface area (Å²) in [6.45, 7) is 8.36. The third-order valence-electron chi connectivity index (χ3n) is 4.85. The molecule has 1 amide bonds. The van der Waals surface area contributed by atoms with Gasteiger partial charge in [0.1, 0.15) is 6.04 Å². The van der Waals surface area contributed by atoms with Crippen molar-refractivity contribution in [2.45, 2.75) is 95.4 Å². The van der Waals surface area contributed by atoms with Crippen molar-refractivity contribution in [3.63, 3.8) is 0 Å². The number of esters is 1. The van der Waals surface area contributed by atoms with E-state index in [1.807, 2.05) is 30.3 Å². The normalized spacial score (nSPS) is 11.7. The highest BCUT2D eigenvalue weighted by molar-refractivity contribution is 8.03. The summed E-state index contributed by atoms with van der Waals surface area (Å²) in [6, 6.07) is 9.20. The summed E-state index contributed by atoms with van der Waals surface area (Å²) in [4.78, 5) is 26.5. The second kappa shape index (κ2) is 17.0. The van der Waals surface area contributed by atoms with E-state index in [4.69, 9.17) is 4.74 Å². The second-order valence-corrected chi connectivity index (χ2v) is 8.86. The molecule has 1 aromatic rings. The maximum atomic E-state index is 12.4. The average molecular weight is 434 g/mol. The first-order valence-electron chi connectivity index (χ1n) is 11.4. The number of hydrogen-bond acceptors (Lipinski definition) is 4. The Bertz CT molecular complexity index is 618. The predicted octanol–water partition coefficient (Wildman–Crippen LogP) is 6.65. The van der Waals surface area contributed by atoms with Gasteiger partial charge >= 0.3 is 5.97 Å². The molecule has 168 valence electrons. The molecule has 0 aliphatic heterocycles. The van der Waals surface area contributed by atoms with Crippen LogP contribution < -0.4 is 5.32 Å². The zero-order chi connectivity index (χ0) is 22.0. The molecule has 30 heavy (non-hydrogen) atoms. The molecule has 0 fully saturated rings. The largest absolute Gasteiger partial charge is 0.464 e. The molecule has 0 bridgehead atoms. The number of carbonyl (C=O) groups excluding carboxylic acids is 2. The van der Waals surface area contributed by atoms with E-state index in [2.05, 4.69) is 18.8 Å². The number of thioether (sulfide) groups is 1. The molecule has 1 aromatic carbocycles. The Morgan fingerprint density at radius 1 is 0.967 bits per heavy atom. The third kappa shape index (κ3) is 12.7. The summed E-state index contributed by atoms with van der Waals surface area (Å²) in [6.07, 6.45) is 11.7. The lowest BCUT2D eigenvalue weighted by Crippen LogP contribution is -2.41. The SMILES string of the molecule is C=C(C[C@@H](NC(=O)CCCCCCCCCCC)C(=O)OCC)Sc1ccccc1. The molecular formula is C25H39NO3S. The molecule has 0 aliphatic carbocycles. The summed E-state index contributed by atoms with van der Waals surface area (Å²) in [5.41, 5.74) is 0. The maximum Gasteiger partial charge on any atom is 0.328 e. The Kier molecular flexibility index (Phi) is 14.9. The molecule has 5 heteroatoms. The lowest BCUT2D eigenvalue weighted by atomic mass is 10.1. The highest BCUT2D eigenvalue weighted by Crippen LogP contribution is 2.28. The van der Waals surface area contributed by atoms with Gasteiger partial charge in [0.2, 0.25) is 5.91 Å². The first-order chi connectivity index (χ1) is 14.6. The zero-order valence-corrected chi connectivity index (χ0v) is 19.6. The van der Waals surface area contributed by atoms with Crippen molar-refractivity contribution in [1.82, 2.24) is 5.32 Å². The van der Waals surface area contributed by atoms with Crippen LogP contribution in [-0.4, -0.2) is 24.5 Å². The number of amides is 1. The van der Waals surface area contributed by atoms with Gasteiger partial charge in [0, 0.05) is 17.7 Å². The van der Waals surface area contributed by atoms with Gasteiger partial charge in [-0.05, 0) is 30.4 Å². The van der Waals surface area contributed by atoms with E-state index >= 15 is 0 Å². The summed E-state index contributed by atoms with van der Waals surface area (Å²) in [5, 5.41) is 2.86. The summed E-state index contributed by atoms with van der Waals surface area (Å²) in [7, 11) is 0. The second-order valence-electron chi connectivity index (χ2n) is 7.61. The standard InChI is InChI=1S/C25H39NO3S/c1-4-6-7-8-9-10-11-12-16-19-24(27)26-23(25(28)29-5-2)20-21(3)30-22-17-14-13-15-18-22/h13-15,17-18,23H,3-12,16,19-20H2,1-2H3,(H,26,27)/t23-/m1/s1. The van der Waals surface area contributed by atoms with E-state index in [0.29, 0.717) is 19.4 Å². The van der Waals surface area contributed by atoms with Crippen molar-refractivity contribution in [3.8, 4) is 0 Å². The maximum absolute atomic E-state index is 12.4. The van der Waals surface area contributed by atoms with E-state index in [1.54, 1.807) is 6.92 Å². The number of unbranched alkanes of at least 4 members (excludes halogenated alkanes) is 8. The molecule has 1 rings (SSSR count). The quantitative estimate of drug-likeness (QED) is 0.170. The molecular weight excluding hydrogens is 394 g/mol. The first-order valence-corrected chi connectivity index (χ1v) is 12.2. The van der Waals surface area contributed by atoms with Gasteiger partial charge < -0.3 is 10.1 Å². The lowest BCUT2D eigenvalue weighted by Gasteiger charge is -2.18. The van der Waals surface area contributed by atoms with Gasteiger partial charge in [0.25, 0.3) is 0 Å². The van der Waals surface area contributed by atoms with Gasteiger partial charge in [-0.15, -0.1) is 0 Å². The van der Waals surface area contributed by atoms with Crippen LogP contribution in [0.25, 0.3) is 0 Å². The van der Waals surface area contributed by atoms with E-state index in [9.17, 15) is 9.59 Å². The number of nitrogens with one attached hydrogen (secondary N) is 1. The fraction of sp³-hybridized carbons (Fsp3) is 0.600. The van der Waals surface area contributed by atoms with Crippen LogP contribution in [0.5, 0.6) is 0 Å². The van der Waals surface area contributed by atoms with E-state index < -0.39 is 12.0 Å². The van der Waals surface area contributed by atoms with Crippen molar-refractivity contribution < 1.29 is 14.3 Å². The average Bonchev–Trinajstić information content (AvgIpc) is 2.73. The van der Waals surface area contributed by atoms with Crippen LogP contribution in [0.15, 0.2) is 46.7 Å². The molecule has 4 nitrogen and oxygen atoms in total. The molecule has 0 aromatic heterocycles. The Hall–Kier alpha value is -1.75. The number of benzene rings is 1. The van der Waals surface area contributed by atoms with Crippen LogP contribution in [0.1, 0.15) is 84.5 Å². The van der Waals surface area contributed by atoms with Crippen LogP contribution in [0.4, 0.5) is 0 Å². The van der Waals surface area contributed by atoms with Gasteiger partial charge in [-0.3, -0.25) is 4.79 Å². The molecule has 0 spiro atoms. The molecule has 0 radical (unpaired) electrons. The summed E-state index contributed by atoms with van der Waals surface area (Å²) < 4.78 is 5.15. The first kappa shape index (κ1) is 26.3. The topological polar surface area (TPSA) is 55.4 Å². The molecule has 1 atom stereocenters. The minimum atomic E-state index is -0.681. The van der Waals surface area contributed by atoms with Crippen LogP contribution in [-0.2, 0) is 14.3 Å². The number of hydrogen-bond donors (Lipinski definition) is 1. The van der Waals surface area contributed by atoms with Crippen LogP contribution >= 0.6 is 11.8 Å². The highest BCUT2D eigenvalue weighted by atomic mass is 32.2. The predicted molar refractivity (Wildman–Crippen MR) is 126 cm³/mol. The minimum Gasteiger partial charge on any atom is -0.464 e. The van der Waals surface area contributed by atoms with Crippen molar-refractivity contribution in [2.24, 2.45) is 0 Å². The Balaban J connectivity index is 2.33. The third-order valence-corrected chi connectivity index (χ3v) is 5.81. The van der Waals surface area contributed by atoms with Gasteiger partial charge in [-0.25, -0.2) is 4.79 Å². The molecule has 0 saturated heterocycles. The van der Waals surface area contributed by atoms with Gasteiger partial charge in [-0.1, -0.05) is 94.8 Å². The van der Waals surface area contributed by atoms with E-state index in [0.717, 1.165) is 22.6 Å². The number of carbonyl (C=O) groups is 2. The molecule has 0 saturated carbocycles. The van der Waals surface area contributed by atoms with Crippen LogP contribution in [0.3, 0.4) is 0 Å². The van der Waals surface area contributed by atoms with Crippen molar-refractivity contribution in [1.29, 1.82) is 0 Å². The fourth-order valence-electron chi connectivity index (χ4n) is 3.22. The smallest absolute Gasteiger partial charge is 0.328 e. The Labute approximate surface area is 187 Å². The lowest BCUT2D eigenvalue weighted by molar-refractivity contribution is -0.147. The Morgan fingerprint density at radius 3 is 2.17 bits per heavy atom. The van der Waals surface area contributed by atoms with Crippen molar-refractivity contribution >= 4 is 23.6 Å². The highest BCUT2D eigenvalue weighted by Gasteiger charge is 2.23. The van der Waals surface area contributed by atoms with Gasteiger partial charge in [0.15, 0.2) is 0 Å². The molecule has 1 N–H and O–H groups in total. The van der Waals surface area contributed by atoms with E-state index in [-0.39, 0.29) is 5.91 Å².